The molecule has 28 heavy (non-hydrogen) atoms. The first-order valence-corrected chi connectivity index (χ1v) is 9.92. The van der Waals surface area contributed by atoms with Crippen LogP contribution in [0.3, 0.4) is 0 Å². The molecule has 0 amide bonds. The van der Waals surface area contributed by atoms with E-state index in [4.69, 9.17) is 15.2 Å². The van der Waals surface area contributed by atoms with E-state index in [1.54, 1.807) is 14.2 Å². The maximum absolute atomic E-state index is 6.19. The lowest BCUT2D eigenvalue weighted by Gasteiger charge is -2.39. The number of benzene rings is 1. The summed E-state index contributed by atoms with van der Waals surface area (Å²) in [5.41, 5.74) is 8.77. The van der Waals surface area contributed by atoms with Crippen molar-refractivity contribution in [1.29, 1.82) is 0 Å². The number of aryl methyl sites for hydroxylation is 1. The number of hydrogen-bond acceptors (Lipinski definition) is 7. The number of nitrogens with zero attached hydrogens (tertiary/aromatic N) is 3. The van der Waals surface area contributed by atoms with Crippen molar-refractivity contribution in [2.75, 3.05) is 51.4 Å². The molecule has 0 bridgehead atoms. The molecular formula is C21H29N5O2. The minimum atomic E-state index is 0.447. The molecule has 1 aromatic carbocycles. The Hall–Kier alpha value is -2.54. The van der Waals surface area contributed by atoms with Gasteiger partial charge in [0.15, 0.2) is 11.5 Å². The Morgan fingerprint density at radius 1 is 1.18 bits per heavy atom. The van der Waals surface area contributed by atoms with Crippen molar-refractivity contribution in [3.63, 3.8) is 0 Å². The molecule has 0 atom stereocenters. The van der Waals surface area contributed by atoms with Gasteiger partial charge in [0.25, 0.3) is 0 Å². The Labute approximate surface area is 166 Å². The second kappa shape index (κ2) is 7.83. The van der Waals surface area contributed by atoms with E-state index in [0.717, 1.165) is 47.3 Å². The zero-order valence-electron chi connectivity index (χ0n) is 16.9. The molecule has 1 saturated carbocycles. The molecule has 2 heterocycles. The van der Waals surface area contributed by atoms with Crippen molar-refractivity contribution < 1.29 is 9.47 Å². The molecular weight excluding hydrogens is 354 g/mol. The first kappa shape index (κ1) is 18.8. The van der Waals surface area contributed by atoms with Crippen molar-refractivity contribution in [2.24, 2.45) is 11.8 Å². The molecule has 0 unspecified atom stereocenters. The third-order valence-electron chi connectivity index (χ3n) is 5.51. The summed E-state index contributed by atoms with van der Waals surface area (Å²) in [7, 11) is 3.44. The minimum Gasteiger partial charge on any atom is -0.493 e. The number of hydrogen-bond donors (Lipinski definition) is 2. The quantitative estimate of drug-likeness (QED) is 0.725. The fourth-order valence-corrected chi connectivity index (χ4v) is 3.81. The van der Waals surface area contributed by atoms with E-state index >= 15 is 0 Å². The molecule has 1 aliphatic heterocycles. The van der Waals surface area contributed by atoms with Crippen LogP contribution in [-0.2, 0) is 0 Å². The lowest BCUT2D eigenvalue weighted by molar-refractivity contribution is 0.0575. The Morgan fingerprint density at radius 2 is 1.96 bits per heavy atom. The van der Waals surface area contributed by atoms with Crippen LogP contribution in [0.5, 0.6) is 11.5 Å². The number of ether oxygens (including phenoxy) is 2. The Kier molecular flexibility index (Phi) is 5.26. The minimum absolute atomic E-state index is 0.447. The molecule has 7 heteroatoms. The van der Waals surface area contributed by atoms with Crippen LogP contribution in [0.15, 0.2) is 18.2 Å². The van der Waals surface area contributed by atoms with E-state index < -0.39 is 0 Å². The SMILES string of the molecule is CNc1nc(C)c(-c2ccc(OC)c(OCC3CN(CC4CC4)C3)c2)c(N)n1. The van der Waals surface area contributed by atoms with Gasteiger partial charge in [0.2, 0.25) is 5.95 Å². The van der Waals surface area contributed by atoms with E-state index in [-0.39, 0.29) is 0 Å². The highest BCUT2D eigenvalue weighted by atomic mass is 16.5. The monoisotopic (exact) mass is 383 g/mol. The first-order valence-electron chi connectivity index (χ1n) is 9.92. The Bertz CT molecular complexity index is 824. The van der Waals surface area contributed by atoms with Crippen LogP contribution >= 0.6 is 0 Å². The summed E-state index contributed by atoms with van der Waals surface area (Å²) in [4.78, 5) is 11.3. The van der Waals surface area contributed by atoms with E-state index in [9.17, 15) is 0 Å². The molecule has 1 aliphatic carbocycles. The van der Waals surface area contributed by atoms with Gasteiger partial charge in [-0.2, -0.15) is 4.98 Å². The van der Waals surface area contributed by atoms with E-state index in [0.29, 0.717) is 24.3 Å². The van der Waals surface area contributed by atoms with Crippen LogP contribution in [0, 0.1) is 18.8 Å². The summed E-state index contributed by atoms with van der Waals surface area (Å²) in [5.74, 6) is 3.95. The highest BCUT2D eigenvalue weighted by molar-refractivity contribution is 5.78. The highest BCUT2D eigenvalue weighted by Gasteiger charge is 2.32. The van der Waals surface area contributed by atoms with Crippen molar-refractivity contribution in [3.05, 3.63) is 23.9 Å². The van der Waals surface area contributed by atoms with E-state index in [1.807, 2.05) is 25.1 Å². The largest absolute Gasteiger partial charge is 0.493 e. The number of aromatic nitrogens is 2. The molecule has 1 aromatic heterocycles. The zero-order valence-corrected chi connectivity index (χ0v) is 16.9. The summed E-state index contributed by atoms with van der Waals surface area (Å²) >= 11 is 0. The molecule has 2 fully saturated rings. The number of nitrogen functional groups attached to an aromatic ring is 1. The number of rotatable bonds is 8. The van der Waals surface area contributed by atoms with Crippen LogP contribution < -0.4 is 20.5 Å². The van der Waals surface area contributed by atoms with Crippen LogP contribution in [0.4, 0.5) is 11.8 Å². The van der Waals surface area contributed by atoms with Crippen LogP contribution in [-0.4, -0.2) is 55.3 Å². The van der Waals surface area contributed by atoms with Gasteiger partial charge in [-0.3, -0.25) is 0 Å². The third kappa shape index (κ3) is 3.99. The van der Waals surface area contributed by atoms with Crippen molar-refractivity contribution >= 4 is 11.8 Å². The highest BCUT2D eigenvalue weighted by Crippen LogP contribution is 2.37. The van der Waals surface area contributed by atoms with Gasteiger partial charge < -0.3 is 25.4 Å². The lowest BCUT2D eigenvalue weighted by Crippen LogP contribution is -2.49. The molecule has 2 aromatic rings. The van der Waals surface area contributed by atoms with Gasteiger partial charge in [0.05, 0.1) is 19.4 Å². The standard InChI is InChI=1S/C21H29N5O2/c1-13-19(20(22)25-21(23-2)24-13)16-6-7-17(27-3)18(8-16)28-12-15-10-26(11-15)9-14-4-5-14/h6-8,14-15H,4-5,9-12H2,1-3H3,(H3,22,23,24,25). The fourth-order valence-electron chi connectivity index (χ4n) is 3.81. The third-order valence-corrected chi connectivity index (χ3v) is 5.51. The fraction of sp³-hybridized carbons (Fsp3) is 0.524. The molecule has 7 nitrogen and oxygen atoms in total. The van der Waals surface area contributed by atoms with Crippen LogP contribution in [0.1, 0.15) is 18.5 Å². The van der Waals surface area contributed by atoms with Gasteiger partial charge >= 0.3 is 0 Å². The normalized spacial score (nSPS) is 17.2. The van der Waals surface area contributed by atoms with E-state index in [1.165, 1.54) is 19.4 Å². The second-order valence-corrected chi connectivity index (χ2v) is 7.85. The summed E-state index contributed by atoms with van der Waals surface area (Å²) in [6, 6.07) is 5.85. The molecule has 150 valence electrons. The Balaban J connectivity index is 1.47. The number of nitrogens with two attached hydrogens (primary N) is 1. The molecule has 3 N–H and O–H groups in total. The summed E-state index contributed by atoms with van der Waals surface area (Å²) in [5, 5.41) is 2.93. The number of methoxy groups -OCH3 is 1. The van der Waals surface area contributed by atoms with Crippen LogP contribution in [0.2, 0.25) is 0 Å². The van der Waals surface area contributed by atoms with Crippen molar-refractivity contribution in [2.45, 2.75) is 19.8 Å². The first-order chi connectivity index (χ1) is 13.6. The number of anilines is 2. The molecule has 4 rings (SSSR count). The number of nitrogens with one attached hydrogen (secondary N) is 1. The average molecular weight is 383 g/mol. The van der Waals surface area contributed by atoms with Gasteiger partial charge in [-0.05, 0) is 43.4 Å². The van der Waals surface area contributed by atoms with E-state index in [2.05, 4.69) is 20.2 Å². The van der Waals surface area contributed by atoms with Gasteiger partial charge in [-0.25, -0.2) is 4.98 Å². The van der Waals surface area contributed by atoms with Gasteiger partial charge in [0.1, 0.15) is 5.82 Å². The number of likely N-dealkylation sites (tertiary alicyclic amines) is 1. The summed E-state index contributed by atoms with van der Waals surface area (Å²) in [6.07, 6.45) is 2.81. The van der Waals surface area contributed by atoms with Crippen molar-refractivity contribution in [1.82, 2.24) is 14.9 Å². The summed E-state index contributed by atoms with van der Waals surface area (Å²) in [6.45, 7) is 6.15. The zero-order chi connectivity index (χ0) is 19.7. The second-order valence-electron chi connectivity index (χ2n) is 7.85. The lowest BCUT2D eigenvalue weighted by atomic mass is 10.0. The predicted octanol–water partition coefficient (Wildman–Crippen LogP) is 2.81. The van der Waals surface area contributed by atoms with Gasteiger partial charge in [-0.1, -0.05) is 6.07 Å². The topological polar surface area (TPSA) is 85.5 Å². The summed E-state index contributed by atoms with van der Waals surface area (Å²) < 4.78 is 11.6. The molecule has 0 spiro atoms. The molecule has 2 aliphatic rings. The predicted molar refractivity (Wildman–Crippen MR) is 111 cm³/mol. The maximum Gasteiger partial charge on any atom is 0.224 e. The maximum atomic E-state index is 6.19. The van der Waals surface area contributed by atoms with Gasteiger partial charge in [-0.15, -0.1) is 0 Å². The molecule has 0 radical (unpaired) electrons. The van der Waals surface area contributed by atoms with Gasteiger partial charge in [0, 0.05) is 38.2 Å². The smallest absolute Gasteiger partial charge is 0.224 e. The molecule has 1 saturated heterocycles. The van der Waals surface area contributed by atoms with Crippen LogP contribution in [0.25, 0.3) is 11.1 Å². The average Bonchev–Trinajstić information content (AvgIpc) is 3.47. The van der Waals surface area contributed by atoms with Crippen molar-refractivity contribution in [3.8, 4) is 22.6 Å². The Morgan fingerprint density at radius 3 is 2.61 bits per heavy atom.